The van der Waals surface area contributed by atoms with Crippen LogP contribution in [0.3, 0.4) is 0 Å². The first-order valence-corrected chi connectivity index (χ1v) is 6.26. The first kappa shape index (κ1) is 11.3. The van der Waals surface area contributed by atoms with Crippen LogP contribution < -0.4 is 5.32 Å². The van der Waals surface area contributed by atoms with Gasteiger partial charge in [0.25, 0.3) is 5.91 Å². The first-order valence-electron chi connectivity index (χ1n) is 6.26. The van der Waals surface area contributed by atoms with E-state index in [1.54, 1.807) is 6.20 Å². The number of para-hydroxylation sites is 1. The fourth-order valence-electron chi connectivity index (χ4n) is 2.46. The van der Waals surface area contributed by atoms with Crippen LogP contribution >= 0.6 is 0 Å². The quantitative estimate of drug-likeness (QED) is 0.769. The summed E-state index contributed by atoms with van der Waals surface area (Å²) >= 11 is 0. The summed E-state index contributed by atoms with van der Waals surface area (Å²) in [6, 6.07) is 7.76. The number of fused-ring (bicyclic) bond motifs is 1. The van der Waals surface area contributed by atoms with Crippen molar-refractivity contribution >= 4 is 16.8 Å². The zero-order valence-electron chi connectivity index (χ0n) is 10.0. The van der Waals surface area contributed by atoms with Crippen molar-refractivity contribution in [3.8, 4) is 0 Å². The molecule has 0 radical (unpaired) electrons. The second-order valence-corrected chi connectivity index (χ2v) is 4.95. The highest BCUT2D eigenvalue weighted by Crippen LogP contribution is 2.26. The third kappa shape index (κ3) is 1.99. The van der Waals surface area contributed by atoms with E-state index in [2.05, 4.69) is 10.3 Å². The van der Waals surface area contributed by atoms with E-state index >= 15 is 0 Å². The van der Waals surface area contributed by atoms with Crippen LogP contribution in [0.1, 0.15) is 23.2 Å². The van der Waals surface area contributed by atoms with E-state index in [1.807, 2.05) is 24.3 Å². The molecule has 0 aliphatic heterocycles. The van der Waals surface area contributed by atoms with Gasteiger partial charge in [-0.25, -0.2) is 0 Å². The number of amides is 1. The highest BCUT2D eigenvalue weighted by molar-refractivity contribution is 6.06. The smallest absolute Gasteiger partial charge is 0.253 e. The van der Waals surface area contributed by atoms with Gasteiger partial charge in [-0.15, -0.1) is 0 Å². The Kier molecular flexibility index (Phi) is 2.80. The number of carbonyl (C=O) groups excluding carboxylic acids is 1. The summed E-state index contributed by atoms with van der Waals surface area (Å²) in [4.78, 5) is 15.1. The number of aromatic nitrogens is 1. The molecule has 94 valence electrons. The van der Waals surface area contributed by atoms with Gasteiger partial charge in [-0.2, -0.15) is 0 Å². The van der Waals surface area contributed by atoms with E-state index < -0.39 is 0 Å². The molecular weight excluding hydrogens is 228 g/mol. The first-order chi connectivity index (χ1) is 8.74. The van der Waals surface area contributed by atoms with E-state index in [0.717, 1.165) is 23.7 Å². The van der Waals surface area contributed by atoms with Crippen molar-refractivity contribution in [3.05, 3.63) is 36.0 Å². The molecule has 2 aromatic rings. The molecule has 1 fully saturated rings. The molecule has 4 heteroatoms. The van der Waals surface area contributed by atoms with Crippen LogP contribution in [0.4, 0.5) is 0 Å². The van der Waals surface area contributed by atoms with Crippen molar-refractivity contribution < 1.29 is 9.90 Å². The average Bonchev–Trinajstić information content (AvgIpc) is 2.76. The number of carbonyl (C=O) groups is 1. The second kappa shape index (κ2) is 4.46. The van der Waals surface area contributed by atoms with Gasteiger partial charge >= 0.3 is 0 Å². The lowest BCUT2D eigenvalue weighted by atomic mass is 9.82. The summed E-state index contributed by atoms with van der Waals surface area (Å²) in [7, 11) is 0. The lowest BCUT2D eigenvalue weighted by molar-refractivity contribution is 0.0420. The zero-order chi connectivity index (χ0) is 12.5. The zero-order valence-corrected chi connectivity index (χ0v) is 10.0. The van der Waals surface area contributed by atoms with Crippen molar-refractivity contribution in [2.45, 2.75) is 18.9 Å². The van der Waals surface area contributed by atoms with Gasteiger partial charge in [0.1, 0.15) is 0 Å². The summed E-state index contributed by atoms with van der Waals surface area (Å²) in [5.74, 6) is 0.378. The molecule has 18 heavy (non-hydrogen) atoms. The number of aliphatic hydroxyl groups is 1. The van der Waals surface area contributed by atoms with E-state index in [0.29, 0.717) is 18.0 Å². The Labute approximate surface area is 105 Å². The van der Waals surface area contributed by atoms with Crippen molar-refractivity contribution in [2.75, 3.05) is 6.54 Å². The Balaban J connectivity index is 1.68. The molecule has 1 amide bonds. The number of hydrogen-bond acceptors (Lipinski definition) is 2. The molecule has 3 rings (SSSR count). The largest absolute Gasteiger partial charge is 0.393 e. The molecule has 4 nitrogen and oxygen atoms in total. The summed E-state index contributed by atoms with van der Waals surface area (Å²) in [6.45, 7) is 0.648. The van der Waals surface area contributed by atoms with Gasteiger partial charge in [-0.1, -0.05) is 18.2 Å². The van der Waals surface area contributed by atoms with Gasteiger partial charge in [-0.05, 0) is 24.8 Å². The molecule has 1 aromatic heterocycles. The Morgan fingerprint density at radius 2 is 2.17 bits per heavy atom. The maximum atomic E-state index is 12.1. The molecular formula is C14H16N2O2. The molecule has 3 N–H and O–H groups in total. The fraction of sp³-hybridized carbons (Fsp3) is 0.357. The highest BCUT2D eigenvalue weighted by atomic mass is 16.3. The summed E-state index contributed by atoms with van der Waals surface area (Å²) in [5.41, 5.74) is 1.66. The third-order valence-electron chi connectivity index (χ3n) is 3.60. The van der Waals surface area contributed by atoms with Gasteiger partial charge in [-0.3, -0.25) is 4.79 Å². The van der Waals surface area contributed by atoms with E-state index in [4.69, 9.17) is 0 Å². The van der Waals surface area contributed by atoms with Crippen LogP contribution in [0.25, 0.3) is 10.9 Å². The number of aromatic amines is 1. The molecule has 1 saturated carbocycles. The normalized spacial score (nSPS) is 22.7. The molecule has 0 unspecified atom stereocenters. The van der Waals surface area contributed by atoms with Crippen LogP contribution in [0, 0.1) is 5.92 Å². The highest BCUT2D eigenvalue weighted by Gasteiger charge is 2.27. The van der Waals surface area contributed by atoms with Crippen molar-refractivity contribution in [1.82, 2.24) is 10.3 Å². The van der Waals surface area contributed by atoms with Crippen molar-refractivity contribution in [2.24, 2.45) is 5.92 Å². The van der Waals surface area contributed by atoms with E-state index in [1.165, 1.54) is 0 Å². The Morgan fingerprint density at radius 1 is 1.39 bits per heavy atom. The van der Waals surface area contributed by atoms with E-state index in [-0.39, 0.29) is 12.0 Å². The number of aliphatic hydroxyl groups excluding tert-OH is 1. The molecule has 0 bridgehead atoms. The summed E-state index contributed by atoms with van der Waals surface area (Å²) < 4.78 is 0. The lowest BCUT2D eigenvalue weighted by Crippen LogP contribution is -2.38. The van der Waals surface area contributed by atoms with E-state index in [9.17, 15) is 9.90 Å². The Hall–Kier alpha value is -1.81. The molecule has 1 aromatic carbocycles. The average molecular weight is 244 g/mol. The van der Waals surface area contributed by atoms with Crippen LogP contribution in [0.2, 0.25) is 0 Å². The van der Waals surface area contributed by atoms with Gasteiger partial charge in [0.2, 0.25) is 0 Å². The molecule has 1 aliphatic carbocycles. The maximum absolute atomic E-state index is 12.1. The number of hydrogen-bond donors (Lipinski definition) is 3. The molecule has 0 saturated heterocycles. The summed E-state index contributed by atoms with van der Waals surface area (Å²) in [6.07, 6.45) is 3.18. The number of rotatable bonds is 3. The van der Waals surface area contributed by atoms with Gasteiger partial charge in [0.05, 0.1) is 11.7 Å². The maximum Gasteiger partial charge on any atom is 0.253 e. The predicted molar refractivity (Wildman–Crippen MR) is 69.4 cm³/mol. The monoisotopic (exact) mass is 244 g/mol. The molecule has 1 heterocycles. The summed E-state index contributed by atoms with van der Waals surface area (Å²) in [5, 5.41) is 13.1. The van der Waals surface area contributed by atoms with Crippen LogP contribution in [-0.4, -0.2) is 28.6 Å². The Morgan fingerprint density at radius 3 is 2.94 bits per heavy atom. The van der Waals surface area contributed by atoms with Crippen LogP contribution in [0.5, 0.6) is 0 Å². The SMILES string of the molecule is O=C(NCC1CC(O)C1)c1c[nH]c2ccccc12. The fourth-order valence-corrected chi connectivity index (χ4v) is 2.46. The molecule has 1 aliphatic rings. The second-order valence-electron chi connectivity index (χ2n) is 4.95. The topological polar surface area (TPSA) is 65.1 Å². The van der Waals surface area contributed by atoms with Crippen molar-refractivity contribution in [1.29, 1.82) is 0 Å². The third-order valence-corrected chi connectivity index (χ3v) is 3.60. The van der Waals surface area contributed by atoms with Gasteiger partial charge in [0.15, 0.2) is 0 Å². The lowest BCUT2D eigenvalue weighted by Gasteiger charge is -2.31. The van der Waals surface area contributed by atoms with Gasteiger partial charge < -0.3 is 15.4 Å². The number of H-pyrrole nitrogens is 1. The number of benzene rings is 1. The Bertz CT molecular complexity index is 570. The minimum Gasteiger partial charge on any atom is -0.393 e. The molecule has 0 atom stereocenters. The van der Waals surface area contributed by atoms with Crippen LogP contribution in [0.15, 0.2) is 30.5 Å². The molecule has 0 spiro atoms. The minimum absolute atomic E-state index is 0.0474. The van der Waals surface area contributed by atoms with Gasteiger partial charge in [0, 0.05) is 23.6 Å². The van der Waals surface area contributed by atoms with Crippen molar-refractivity contribution in [3.63, 3.8) is 0 Å². The van der Waals surface area contributed by atoms with Crippen LogP contribution in [-0.2, 0) is 0 Å². The number of nitrogens with one attached hydrogen (secondary N) is 2. The minimum atomic E-state index is -0.167. The standard InChI is InChI=1S/C14H16N2O2/c17-10-5-9(6-10)7-16-14(18)12-8-15-13-4-2-1-3-11(12)13/h1-4,8-10,15,17H,5-7H2,(H,16,18). The predicted octanol–water partition coefficient (Wildman–Crippen LogP) is 1.67.